The van der Waals surface area contributed by atoms with E-state index in [1.807, 2.05) is 0 Å². The van der Waals surface area contributed by atoms with Crippen LogP contribution in [0.15, 0.2) is 0 Å². The van der Waals surface area contributed by atoms with Crippen molar-refractivity contribution in [1.29, 1.82) is 0 Å². The van der Waals surface area contributed by atoms with Gasteiger partial charge in [0.2, 0.25) is 5.91 Å². The Morgan fingerprint density at radius 3 is 2.46 bits per heavy atom. The maximum absolute atomic E-state index is 13.2. The van der Waals surface area contributed by atoms with Crippen LogP contribution in [-0.4, -0.2) is 49.5 Å². The average molecular weight is 336 g/mol. The summed E-state index contributed by atoms with van der Waals surface area (Å²) in [6.45, 7) is 7.06. The molecule has 24 heavy (non-hydrogen) atoms. The molecule has 3 N–H and O–H groups in total. The summed E-state index contributed by atoms with van der Waals surface area (Å²) in [6, 6.07) is 0. The molecule has 5 rings (SSSR count). The van der Waals surface area contributed by atoms with Crippen molar-refractivity contribution in [1.82, 2.24) is 10.6 Å². The fourth-order valence-electron chi connectivity index (χ4n) is 7.12. The van der Waals surface area contributed by atoms with Crippen molar-refractivity contribution in [2.45, 2.75) is 57.9 Å². The number of hydrogen-bond donors (Lipinski definition) is 3. The van der Waals surface area contributed by atoms with Crippen LogP contribution in [-0.2, 0) is 9.53 Å². The summed E-state index contributed by atoms with van der Waals surface area (Å²) in [5, 5.41) is 16.3. The number of aliphatic hydroxyl groups excluding tert-OH is 1. The molecule has 4 aliphatic carbocycles. The van der Waals surface area contributed by atoms with E-state index in [-0.39, 0.29) is 17.9 Å². The van der Waals surface area contributed by atoms with Crippen LogP contribution < -0.4 is 10.6 Å². The Hall–Kier alpha value is -0.650. The quantitative estimate of drug-likeness (QED) is 0.727. The molecule has 0 radical (unpaired) electrons. The number of nitrogens with one attached hydrogen (secondary N) is 2. The van der Waals surface area contributed by atoms with Crippen LogP contribution in [0.25, 0.3) is 0 Å². The van der Waals surface area contributed by atoms with Gasteiger partial charge in [-0.25, -0.2) is 0 Å². The first-order chi connectivity index (χ1) is 11.3. The monoisotopic (exact) mass is 336 g/mol. The van der Waals surface area contributed by atoms with Gasteiger partial charge in [0.15, 0.2) is 0 Å². The summed E-state index contributed by atoms with van der Waals surface area (Å²) in [5.41, 5.74) is -0.0299. The summed E-state index contributed by atoms with van der Waals surface area (Å²) in [4.78, 5) is 13.2. The van der Waals surface area contributed by atoms with Gasteiger partial charge in [0.25, 0.3) is 0 Å². The molecule has 0 aromatic heterocycles. The lowest BCUT2D eigenvalue weighted by Crippen LogP contribution is -2.65. The van der Waals surface area contributed by atoms with Crippen molar-refractivity contribution in [3.05, 3.63) is 0 Å². The van der Waals surface area contributed by atoms with E-state index in [0.717, 1.165) is 25.8 Å². The lowest BCUT2D eigenvalue weighted by Gasteiger charge is -2.64. The number of amides is 1. The predicted molar refractivity (Wildman–Crippen MR) is 91.5 cm³/mol. The highest BCUT2D eigenvalue weighted by atomic mass is 16.5. The van der Waals surface area contributed by atoms with E-state index in [0.29, 0.717) is 36.5 Å². The summed E-state index contributed by atoms with van der Waals surface area (Å²) in [6.07, 6.45) is 7.00. The van der Waals surface area contributed by atoms with Gasteiger partial charge in [0.05, 0.1) is 30.8 Å². The topological polar surface area (TPSA) is 70.6 Å². The van der Waals surface area contributed by atoms with Crippen molar-refractivity contribution in [2.24, 2.45) is 22.2 Å². The van der Waals surface area contributed by atoms with Crippen LogP contribution in [0.3, 0.4) is 0 Å². The molecule has 1 saturated heterocycles. The first-order valence-electron chi connectivity index (χ1n) is 9.52. The molecular formula is C19H32N2O3. The number of carbonyl (C=O) groups is 1. The van der Waals surface area contributed by atoms with Crippen LogP contribution in [0.2, 0.25) is 0 Å². The molecule has 0 spiro atoms. The molecule has 3 unspecified atom stereocenters. The van der Waals surface area contributed by atoms with E-state index in [9.17, 15) is 9.90 Å². The van der Waals surface area contributed by atoms with Crippen molar-refractivity contribution in [3.8, 4) is 0 Å². The SMILES string of the molecule is CC12CC3CC(C)(C1)CC(C(=O)NCC1(CO)COCCN1)(C3)C2. The molecule has 5 heteroatoms. The molecule has 136 valence electrons. The first-order valence-corrected chi connectivity index (χ1v) is 9.52. The lowest BCUT2D eigenvalue weighted by atomic mass is 9.40. The van der Waals surface area contributed by atoms with Gasteiger partial charge in [-0.2, -0.15) is 0 Å². The van der Waals surface area contributed by atoms with Crippen molar-refractivity contribution < 1.29 is 14.6 Å². The number of ether oxygens (including phenoxy) is 1. The fraction of sp³-hybridized carbons (Fsp3) is 0.947. The molecule has 1 aliphatic heterocycles. The second-order valence-corrected chi connectivity index (χ2v) is 10.0. The molecule has 0 aromatic carbocycles. The predicted octanol–water partition coefficient (Wildman–Crippen LogP) is 1.45. The second kappa shape index (κ2) is 5.42. The minimum absolute atomic E-state index is 0.0155. The second-order valence-electron chi connectivity index (χ2n) is 10.0. The zero-order chi connectivity index (χ0) is 17.1. The Balaban J connectivity index is 1.48. The van der Waals surface area contributed by atoms with Crippen molar-refractivity contribution in [2.75, 3.05) is 32.9 Å². The van der Waals surface area contributed by atoms with E-state index in [1.54, 1.807) is 0 Å². The summed E-state index contributed by atoms with van der Waals surface area (Å²) in [7, 11) is 0. The van der Waals surface area contributed by atoms with Crippen LogP contribution in [0.4, 0.5) is 0 Å². The highest BCUT2D eigenvalue weighted by Gasteiger charge is 2.62. The molecule has 1 heterocycles. The molecular weight excluding hydrogens is 304 g/mol. The van der Waals surface area contributed by atoms with Crippen LogP contribution >= 0.6 is 0 Å². The number of morpholine rings is 1. The van der Waals surface area contributed by atoms with Crippen LogP contribution in [0.1, 0.15) is 52.4 Å². The maximum Gasteiger partial charge on any atom is 0.226 e. The molecule has 4 bridgehead atoms. The minimum atomic E-state index is -0.524. The fourth-order valence-corrected chi connectivity index (χ4v) is 7.12. The van der Waals surface area contributed by atoms with Crippen molar-refractivity contribution in [3.63, 3.8) is 0 Å². The largest absolute Gasteiger partial charge is 0.394 e. The third-order valence-electron chi connectivity index (χ3n) is 7.12. The zero-order valence-electron chi connectivity index (χ0n) is 15.1. The van der Waals surface area contributed by atoms with E-state index in [2.05, 4.69) is 24.5 Å². The van der Waals surface area contributed by atoms with Gasteiger partial charge in [0, 0.05) is 13.1 Å². The summed E-state index contributed by atoms with van der Waals surface area (Å²) < 4.78 is 5.52. The highest BCUT2D eigenvalue weighted by molar-refractivity contribution is 5.83. The van der Waals surface area contributed by atoms with Crippen LogP contribution in [0, 0.1) is 22.2 Å². The van der Waals surface area contributed by atoms with Gasteiger partial charge in [-0.15, -0.1) is 0 Å². The van der Waals surface area contributed by atoms with Gasteiger partial charge in [-0.05, 0) is 55.3 Å². The average Bonchev–Trinajstić information content (AvgIpc) is 2.50. The molecule has 3 atom stereocenters. The van der Waals surface area contributed by atoms with Crippen LogP contribution in [0.5, 0.6) is 0 Å². The minimum Gasteiger partial charge on any atom is -0.394 e. The van der Waals surface area contributed by atoms with Crippen molar-refractivity contribution >= 4 is 5.91 Å². The van der Waals surface area contributed by atoms with Gasteiger partial charge in [0.1, 0.15) is 0 Å². The van der Waals surface area contributed by atoms with Gasteiger partial charge < -0.3 is 20.5 Å². The van der Waals surface area contributed by atoms with Gasteiger partial charge in [-0.3, -0.25) is 4.79 Å². The third kappa shape index (κ3) is 2.69. The first kappa shape index (κ1) is 16.8. The Morgan fingerprint density at radius 2 is 1.92 bits per heavy atom. The molecule has 0 aromatic rings. The molecule has 5 nitrogen and oxygen atoms in total. The van der Waals surface area contributed by atoms with E-state index >= 15 is 0 Å². The van der Waals surface area contributed by atoms with E-state index in [1.165, 1.54) is 19.3 Å². The Kier molecular flexibility index (Phi) is 3.79. The number of hydrogen-bond acceptors (Lipinski definition) is 4. The molecule has 5 fully saturated rings. The summed E-state index contributed by atoms with van der Waals surface area (Å²) in [5.74, 6) is 0.925. The number of carbonyl (C=O) groups excluding carboxylic acids is 1. The molecule has 4 saturated carbocycles. The third-order valence-corrected chi connectivity index (χ3v) is 7.12. The van der Waals surface area contributed by atoms with E-state index in [4.69, 9.17) is 4.74 Å². The Labute approximate surface area is 144 Å². The van der Waals surface area contributed by atoms with E-state index < -0.39 is 5.54 Å². The smallest absolute Gasteiger partial charge is 0.226 e. The normalized spacial score (nSPS) is 50.0. The zero-order valence-corrected chi connectivity index (χ0v) is 15.1. The molecule has 1 amide bonds. The summed E-state index contributed by atoms with van der Waals surface area (Å²) >= 11 is 0. The number of rotatable bonds is 4. The number of aliphatic hydroxyl groups is 1. The standard InChI is InChI=1S/C19H32N2O3/c1-16-5-14-6-17(2,8-16)10-18(7-14,9-16)15(23)20-11-19(12-22)13-24-4-3-21-19/h14,21-22H,3-13H2,1-2H3,(H,20,23). The lowest BCUT2D eigenvalue weighted by molar-refractivity contribution is -0.170. The van der Waals surface area contributed by atoms with Gasteiger partial charge >= 0.3 is 0 Å². The highest BCUT2D eigenvalue weighted by Crippen LogP contribution is 2.69. The molecule has 5 aliphatic rings. The van der Waals surface area contributed by atoms with Gasteiger partial charge in [-0.1, -0.05) is 13.8 Å². The maximum atomic E-state index is 13.2. The Bertz CT molecular complexity index is 511. The Morgan fingerprint density at radius 1 is 1.21 bits per heavy atom.